The molecule has 2 heterocycles. The summed E-state index contributed by atoms with van der Waals surface area (Å²) in [6, 6.07) is -0.0925. The summed E-state index contributed by atoms with van der Waals surface area (Å²) in [5, 5.41) is 12.6. The Labute approximate surface area is 140 Å². The van der Waals surface area contributed by atoms with Crippen molar-refractivity contribution < 1.29 is 38.3 Å². The molecule has 0 fully saturated rings. The Bertz CT molecular complexity index is 550. The number of aromatic carboxylic acids is 1. The number of hydrogen-bond acceptors (Lipinski definition) is 5. The van der Waals surface area contributed by atoms with Crippen molar-refractivity contribution in [2.24, 2.45) is 0 Å². The van der Waals surface area contributed by atoms with Crippen LogP contribution >= 0.6 is 11.3 Å². The van der Waals surface area contributed by atoms with Gasteiger partial charge in [0.15, 0.2) is 0 Å². The zero-order chi connectivity index (χ0) is 15.1. The predicted molar refractivity (Wildman–Crippen MR) is 73.6 cm³/mol. The van der Waals surface area contributed by atoms with E-state index in [1.807, 2.05) is 27.7 Å². The second-order valence-corrected chi connectivity index (χ2v) is 6.96. The van der Waals surface area contributed by atoms with Crippen LogP contribution in [0.15, 0.2) is 5.38 Å². The first-order valence-corrected chi connectivity index (χ1v) is 7.37. The molecule has 7 heteroatoms. The number of carbonyl (C=O) groups excluding carboxylic acids is 2. The first-order chi connectivity index (χ1) is 9.19. The second-order valence-electron chi connectivity index (χ2n) is 6.00. The molecule has 0 radical (unpaired) electrons. The molecule has 1 atom stereocenters. The van der Waals surface area contributed by atoms with Crippen LogP contribution in [0.1, 0.15) is 48.5 Å². The fourth-order valence-corrected chi connectivity index (χ4v) is 3.28. The quantitative estimate of drug-likeness (QED) is 0.611. The number of hydrogen-bond donors (Lipinski definition) is 0. The van der Waals surface area contributed by atoms with Crippen LogP contribution in [0.4, 0.5) is 4.79 Å². The van der Waals surface area contributed by atoms with Crippen LogP contribution < -0.4 is 24.0 Å². The van der Waals surface area contributed by atoms with E-state index in [2.05, 4.69) is 0 Å². The van der Waals surface area contributed by atoms with Crippen molar-refractivity contribution in [3.05, 3.63) is 21.4 Å². The Morgan fingerprint density at radius 1 is 1.43 bits per heavy atom. The molecule has 1 unspecified atom stereocenters. The molecule has 0 aliphatic carbocycles. The molecular weight excluding hydrogens is 285 g/mol. The van der Waals surface area contributed by atoms with Gasteiger partial charge in [-0.2, -0.15) is 0 Å². The predicted octanol–water partition coefficient (Wildman–Crippen LogP) is -1.20. The molecule has 2 rings (SSSR count). The summed E-state index contributed by atoms with van der Waals surface area (Å²) in [7, 11) is 0. The van der Waals surface area contributed by atoms with Crippen molar-refractivity contribution in [1.29, 1.82) is 0 Å². The zero-order valence-corrected chi connectivity index (χ0v) is 13.9. The number of amides is 1. The summed E-state index contributed by atoms with van der Waals surface area (Å²) < 4.78 is 5.38. The molecule has 1 aromatic rings. The van der Waals surface area contributed by atoms with E-state index in [0.29, 0.717) is 13.0 Å². The minimum Gasteiger partial charge on any atom is -0.545 e. The topological polar surface area (TPSA) is 69.7 Å². The summed E-state index contributed by atoms with van der Waals surface area (Å²) in [6.45, 7) is 7.76. The van der Waals surface area contributed by atoms with Gasteiger partial charge in [-0.05, 0) is 39.7 Å². The van der Waals surface area contributed by atoms with Crippen LogP contribution in [-0.2, 0) is 17.7 Å². The van der Waals surface area contributed by atoms with Crippen molar-refractivity contribution in [3.8, 4) is 0 Å². The Morgan fingerprint density at radius 2 is 2.05 bits per heavy atom. The third kappa shape index (κ3) is 4.03. The zero-order valence-electron chi connectivity index (χ0n) is 13.1. The Balaban J connectivity index is 0.00000220. The first-order valence-electron chi connectivity index (χ1n) is 6.49. The molecular formula is C14H18LiNO4S. The molecule has 5 nitrogen and oxygen atoms in total. The van der Waals surface area contributed by atoms with Crippen LogP contribution in [0.25, 0.3) is 0 Å². The second kappa shape index (κ2) is 6.43. The van der Waals surface area contributed by atoms with Crippen LogP contribution in [-0.4, -0.2) is 28.6 Å². The summed E-state index contributed by atoms with van der Waals surface area (Å²) >= 11 is 1.35. The SMILES string of the molecule is CC1Cc2c(C(=O)[O-])csc2CN1C(=O)OC(C)(C)C.[Li+]. The van der Waals surface area contributed by atoms with E-state index in [-0.39, 0.29) is 36.6 Å². The molecule has 0 N–H and O–H groups in total. The normalized spacial score (nSPS) is 17.7. The van der Waals surface area contributed by atoms with E-state index in [9.17, 15) is 14.7 Å². The summed E-state index contributed by atoms with van der Waals surface area (Å²) in [6.07, 6.45) is 0.153. The fraction of sp³-hybridized carbons (Fsp3) is 0.571. The molecule has 0 saturated heterocycles. The van der Waals surface area contributed by atoms with Crippen LogP contribution in [0.2, 0.25) is 0 Å². The maximum absolute atomic E-state index is 12.2. The molecule has 1 aliphatic heterocycles. The van der Waals surface area contributed by atoms with E-state index in [4.69, 9.17) is 4.74 Å². The summed E-state index contributed by atoms with van der Waals surface area (Å²) in [5.74, 6) is -1.15. The largest absolute Gasteiger partial charge is 1.00 e. The van der Waals surface area contributed by atoms with Gasteiger partial charge < -0.3 is 19.5 Å². The van der Waals surface area contributed by atoms with Gasteiger partial charge in [-0.15, -0.1) is 11.3 Å². The Hall–Kier alpha value is -0.963. The van der Waals surface area contributed by atoms with E-state index < -0.39 is 11.6 Å². The number of fused-ring (bicyclic) bond motifs is 1. The Kier molecular flexibility index (Phi) is 5.54. The number of thiophene rings is 1. The standard InChI is InChI=1S/C14H19NO4S.Li/c1-8-5-9-10(12(16)17)7-20-11(9)6-15(8)13(18)19-14(2,3)4;/h7-8H,5-6H2,1-4H3,(H,16,17);/q;+1/p-1. The van der Waals surface area contributed by atoms with Crippen molar-refractivity contribution in [2.75, 3.05) is 0 Å². The van der Waals surface area contributed by atoms with Gasteiger partial charge in [-0.1, -0.05) is 0 Å². The van der Waals surface area contributed by atoms with Gasteiger partial charge in [0.2, 0.25) is 0 Å². The monoisotopic (exact) mass is 303 g/mol. The van der Waals surface area contributed by atoms with Gasteiger partial charge in [-0.3, -0.25) is 0 Å². The maximum Gasteiger partial charge on any atom is 1.00 e. The van der Waals surface area contributed by atoms with Crippen molar-refractivity contribution in [3.63, 3.8) is 0 Å². The van der Waals surface area contributed by atoms with Gasteiger partial charge >= 0.3 is 25.0 Å². The number of carbonyl (C=O) groups is 2. The van der Waals surface area contributed by atoms with Gasteiger partial charge in [0.05, 0.1) is 12.5 Å². The molecule has 0 aromatic carbocycles. The van der Waals surface area contributed by atoms with E-state index >= 15 is 0 Å². The van der Waals surface area contributed by atoms with E-state index in [1.54, 1.807) is 10.3 Å². The molecule has 21 heavy (non-hydrogen) atoms. The molecule has 0 saturated carbocycles. The third-order valence-corrected chi connectivity index (χ3v) is 4.19. The minimum absolute atomic E-state index is 0. The van der Waals surface area contributed by atoms with Gasteiger partial charge in [0.1, 0.15) is 5.60 Å². The fourth-order valence-electron chi connectivity index (χ4n) is 2.23. The van der Waals surface area contributed by atoms with Crippen LogP contribution in [0, 0.1) is 0 Å². The average molecular weight is 303 g/mol. The molecule has 1 aliphatic rings. The van der Waals surface area contributed by atoms with Crippen LogP contribution in [0.3, 0.4) is 0 Å². The van der Waals surface area contributed by atoms with Crippen molar-refractivity contribution >= 4 is 23.4 Å². The first kappa shape index (κ1) is 18.1. The number of rotatable bonds is 1. The van der Waals surface area contributed by atoms with Gasteiger partial charge in [0, 0.05) is 21.9 Å². The maximum atomic E-state index is 12.2. The number of carboxylic acid groups (broad SMARTS) is 1. The summed E-state index contributed by atoms with van der Waals surface area (Å²) in [4.78, 5) is 25.7. The Morgan fingerprint density at radius 3 is 2.57 bits per heavy atom. The molecule has 1 amide bonds. The molecule has 1 aromatic heterocycles. The smallest absolute Gasteiger partial charge is 0.545 e. The van der Waals surface area contributed by atoms with Gasteiger partial charge in [0.25, 0.3) is 0 Å². The van der Waals surface area contributed by atoms with Gasteiger partial charge in [-0.25, -0.2) is 4.79 Å². The minimum atomic E-state index is -1.15. The average Bonchev–Trinajstić information content (AvgIpc) is 2.68. The van der Waals surface area contributed by atoms with E-state index in [1.165, 1.54) is 11.3 Å². The summed E-state index contributed by atoms with van der Waals surface area (Å²) in [5.41, 5.74) is 0.505. The molecule has 110 valence electrons. The van der Waals surface area contributed by atoms with E-state index in [0.717, 1.165) is 10.4 Å². The number of carboxylic acids is 1. The number of nitrogens with zero attached hydrogens (tertiary/aromatic N) is 1. The molecule has 0 bridgehead atoms. The number of ether oxygens (including phenoxy) is 1. The van der Waals surface area contributed by atoms with Crippen molar-refractivity contribution in [2.45, 2.75) is 52.3 Å². The van der Waals surface area contributed by atoms with Crippen LogP contribution in [0.5, 0.6) is 0 Å². The van der Waals surface area contributed by atoms with Crippen molar-refractivity contribution in [1.82, 2.24) is 4.90 Å². The molecule has 0 spiro atoms. The third-order valence-electron chi connectivity index (χ3n) is 3.17.